The van der Waals surface area contributed by atoms with Gasteiger partial charge >= 0.3 is 0 Å². The Kier molecular flexibility index (Phi) is 5.40. The number of nitrogens with one attached hydrogen (secondary N) is 2. The fourth-order valence-electron chi connectivity index (χ4n) is 4.46. The number of amides is 1. The summed E-state index contributed by atoms with van der Waals surface area (Å²) in [4.78, 5) is 25.8. The van der Waals surface area contributed by atoms with E-state index in [0.29, 0.717) is 42.4 Å². The molecule has 2 aliphatic rings. The molecule has 5 heterocycles. The van der Waals surface area contributed by atoms with Gasteiger partial charge in [0.25, 0.3) is 5.91 Å². The minimum atomic E-state index is -0.0692. The summed E-state index contributed by atoms with van der Waals surface area (Å²) < 4.78 is 6.70. The Morgan fingerprint density at radius 2 is 2.06 bits per heavy atom. The molecule has 1 amide bonds. The summed E-state index contributed by atoms with van der Waals surface area (Å²) in [6.07, 6.45) is 9.35. The molecule has 2 N–H and O–H groups in total. The second-order valence-electron chi connectivity index (χ2n) is 9.04. The monoisotopic (exact) mass is 478 g/mol. The number of thiazole rings is 1. The van der Waals surface area contributed by atoms with Crippen LogP contribution in [0.2, 0.25) is 0 Å². The Morgan fingerprint density at radius 3 is 2.82 bits per heavy atom. The largest absolute Gasteiger partial charge is 0.367 e. The maximum atomic E-state index is 13.5. The van der Waals surface area contributed by atoms with Crippen molar-refractivity contribution in [3.05, 3.63) is 41.9 Å². The number of hydrogen-bond donors (Lipinski definition) is 2. The molecule has 1 unspecified atom stereocenters. The topological polar surface area (TPSA) is 113 Å². The predicted octanol–water partition coefficient (Wildman–Crippen LogP) is 3.77. The third kappa shape index (κ3) is 4.23. The van der Waals surface area contributed by atoms with Crippen LogP contribution in [0.3, 0.4) is 0 Å². The number of carbonyl (C=O) groups is 1. The molecule has 0 spiro atoms. The van der Waals surface area contributed by atoms with E-state index in [1.54, 1.807) is 35.9 Å². The first-order valence-electron chi connectivity index (χ1n) is 11.7. The Morgan fingerprint density at radius 1 is 1.21 bits per heavy atom. The number of anilines is 2. The lowest BCUT2D eigenvalue weighted by molar-refractivity contribution is 0.0712. The van der Waals surface area contributed by atoms with Gasteiger partial charge in [0.2, 0.25) is 0 Å². The molecule has 34 heavy (non-hydrogen) atoms. The van der Waals surface area contributed by atoms with Crippen LogP contribution >= 0.6 is 11.3 Å². The van der Waals surface area contributed by atoms with Crippen LogP contribution in [0.5, 0.6) is 0 Å². The fraction of sp³-hybridized carbons (Fsp3) is 0.435. The van der Waals surface area contributed by atoms with Crippen LogP contribution in [-0.2, 0) is 0 Å². The summed E-state index contributed by atoms with van der Waals surface area (Å²) in [5, 5.41) is 17.2. The van der Waals surface area contributed by atoms with Crippen molar-refractivity contribution < 1.29 is 9.32 Å². The maximum Gasteiger partial charge on any atom is 0.272 e. The van der Waals surface area contributed by atoms with Crippen molar-refractivity contribution in [3.8, 4) is 11.4 Å². The summed E-state index contributed by atoms with van der Waals surface area (Å²) in [6.45, 7) is 3.47. The maximum absolute atomic E-state index is 13.5. The van der Waals surface area contributed by atoms with Crippen LogP contribution in [0.15, 0.2) is 40.7 Å². The quantitative estimate of drug-likeness (QED) is 0.413. The van der Waals surface area contributed by atoms with Crippen LogP contribution in [0.25, 0.3) is 16.2 Å². The van der Waals surface area contributed by atoms with Gasteiger partial charge in [-0.05, 0) is 38.5 Å². The van der Waals surface area contributed by atoms with Crippen molar-refractivity contribution in [1.29, 1.82) is 0 Å². The number of fused-ring (bicyclic) bond motifs is 1. The van der Waals surface area contributed by atoms with Crippen LogP contribution in [0.1, 0.15) is 43.1 Å². The van der Waals surface area contributed by atoms with E-state index >= 15 is 0 Å². The average Bonchev–Trinajstić information content (AvgIpc) is 3.19. The van der Waals surface area contributed by atoms with Gasteiger partial charge in [0.05, 0.1) is 11.8 Å². The molecule has 1 aliphatic carbocycles. The van der Waals surface area contributed by atoms with Gasteiger partial charge in [-0.2, -0.15) is 5.10 Å². The van der Waals surface area contributed by atoms with Gasteiger partial charge in [-0.1, -0.05) is 5.16 Å². The number of likely N-dealkylation sites (tertiary alicyclic amines) is 1. The van der Waals surface area contributed by atoms with Crippen molar-refractivity contribution in [2.45, 2.75) is 44.7 Å². The lowest BCUT2D eigenvalue weighted by Gasteiger charge is -2.32. The zero-order chi connectivity index (χ0) is 23.1. The highest BCUT2D eigenvalue weighted by molar-refractivity contribution is 7.16. The molecule has 1 saturated carbocycles. The summed E-state index contributed by atoms with van der Waals surface area (Å²) in [5.74, 6) is 2.53. The zero-order valence-electron chi connectivity index (χ0n) is 18.8. The van der Waals surface area contributed by atoms with E-state index in [9.17, 15) is 4.79 Å². The first-order chi connectivity index (χ1) is 16.6. The van der Waals surface area contributed by atoms with Crippen LogP contribution < -0.4 is 10.6 Å². The number of aromatic nitrogens is 5. The van der Waals surface area contributed by atoms with E-state index < -0.39 is 0 Å². The molecule has 0 radical (unpaired) electrons. The van der Waals surface area contributed by atoms with E-state index in [4.69, 9.17) is 14.5 Å². The van der Waals surface area contributed by atoms with Crippen molar-refractivity contribution in [2.24, 2.45) is 5.92 Å². The van der Waals surface area contributed by atoms with Gasteiger partial charge in [0.1, 0.15) is 22.6 Å². The predicted molar refractivity (Wildman–Crippen MR) is 129 cm³/mol. The minimum Gasteiger partial charge on any atom is -0.367 e. The molecule has 176 valence electrons. The van der Waals surface area contributed by atoms with Gasteiger partial charge in [0, 0.05) is 48.9 Å². The summed E-state index contributed by atoms with van der Waals surface area (Å²) in [6, 6.07) is 4.15. The molecule has 1 aliphatic heterocycles. The number of carbonyl (C=O) groups excluding carboxylic acids is 1. The molecular formula is C23H26N8O2S. The highest BCUT2D eigenvalue weighted by Crippen LogP contribution is 2.34. The molecule has 0 bridgehead atoms. The Balaban J connectivity index is 1.24. The van der Waals surface area contributed by atoms with Crippen molar-refractivity contribution in [3.63, 3.8) is 0 Å². The molecule has 0 aromatic carbocycles. The van der Waals surface area contributed by atoms with Crippen molar-refractivity contribution >= 4 is 33.7 Å². The van der Waals surface area contributed by atoms with E-state index in [-0.39, 0.29) is 11.9 Å². The Hall–Kier alpha value is -3.47. The molecule has 6 rings (SSSR count). The lowest BCUT2D eigenvalue weighted by atomic mass is 10.0. The summed E-state index contributed by atoms with van der Waals surface area (Å²) in [7, 11) is 0. The van der Waals surface area contributed by atoms with Gasteiger partial charge in [-0.25, -0.2) is 14.5 Å². The smallest absolute Gasteiger partial charge is 0.272 e. The minimum absolute atomic E-state index is 0.0692. The Bertz CT molecular complexity index is 1290. The number of nitrogens with zero attached hydrogens (tertiary/aromatic N) is 6. The second kappa shape index (κ2) is 8.71. The molecule has 1 saturated heterocycles. The fourth-order valence-corrected chi connectivity index (χ4v) is 5.26. The summed E-state index contributed by atoms with van der Waals surface area (Å²) >= 11 is 1.58. The zero-order valence-corrected chi connectivity index (χ0v) is 19.7. The standard InChI is InChI=1S/C23H26N8O2S/c1-14(15-2-3-15)25-20-12-18(27-21(28-20)17-13-24-31-9-11-34-23(17)31)22(32)30-7-4-16(5-8-30)26-19-6-10-33-29-19/h6,9-16H,2-5,7-8H2,1H3,(H,26,29)(H,25,27,28). The van der Waals surface area contributed by atoms with Crippen molar-refractivity contribution in [1.82, 2.24) is 29.6 Å². The third-order valence-electron chi connectivity index (χ3n) is 6.59. The first kappa shape index (κ1) is 21.1. The number of piperidine rings is 1. The SMILES string of the molecule is CC(Nc1cc(C(=O)N2CCC(Nc3ccon3)CC2)nc(-c2cnn3ccsc23)n1)C1CC1. The van der Waals surface area contributed by atoms with Gasteiger partial charge < -0.3 is 20.1 Å². The van der Waals surface area contributed by atoms with Gasteiger partial charge in [-0.3, -0.25) is 4.79 Å². The van der Waals surface area contributed by atoms with E-state index in [1.807, 2.05) is 21.0 Å². The lowest BCUT2D eigenvalue weighted by Crippen LogP contribution is -2.42. The van der Waals surface area contributed by atoms with E-state index in [1.165, 1.54) is 12.8 Å². The first-order valence-corrected chi connectivity index (χ1v) is 12.5. The Labute approximate surface area is 200 Å². The highest BCUT2D eigenvalue weighted by atomic mass is 32.1. The van der Waals surface area contributed by atoms with Gasteiger partial charge in [-0.15, -0.1) is 11.3 Å². The normalized spacial score (nSPS) is 17.7. The van der Waals surface area contributed by atoms with Crippen molar-refractivity contribution in [2.75, 3.05) is 23.7 Å². The van der Waals surface area contributed by atoms with Crippen LogP contribution in [0, 0.1) is 5.92 Å². The molecule has 1 atom stereocenters. The van der Waals surface area contributed by atoms with E-state index in [2.05, 4.69) is 27.8 Å². The molecule has 11 heteroatoms. The molecule has 4 aromatic heterocycles. The number of hydrogen-bond acceptors (Lipinski definition) is 9. The van der Waals surface area contributed by atoms with Gasteiger partial charge in [0.15, 0.2) is 11.6 Å². The van der Waals surface area contributed by atoms with E-state index in [0.717, 1.165) is 29.1 Å². The molecule has 2 fully saturated rings. The highest BCUT2D eigenvalue weighted by Gasteiger charge is 2.29. The molecular weight excluding hydrogens is 452 g/mol. The molecule has 10 nitrogen and oxygen atoms in total. The summed E-state index contributed by atoms with van der Waals surface area (Å²) in [5.41, 5.74) is 1.25. The number of rotatable bonds is 7. The van der Waals surface area contributed by atoms with Crippen LogP contribution in [0.4, 0.5) is 11.6 Å². The third-order valence-corrected chi connectivity index (χ3v) is 7.48. The molecule has 4 aromatic rings. The average molecular weight is 479 g/mol. The second-order valence-corrected chi connectivity index (χ2v) is 9.93. The van der Waals surface area contributed by atoms with Crippen LogP contribution in [-0.4, -0.2) is 60.7 Å².